The summed E-state index contributed by atoms with van der Waals surface area (Å²) in [5, 5.41) is 11.6. The van der Waals surface area contributed by atoms with E-state index in [1.54, 1.807) is 11.6 Å². The molecule has 0 bridgehead atoms. The van der Waals surface area contributed by atoms with Crippen molar-refractivity contribution in [3.05, 3.63) is 0 Å². The second kappa shape index (κ2) is 11.5. The van der Waals surface area contributed by atoms with Crippen molar-refractivity contribution in [1.82, 2.24) is 9.76 Å². The predicted molar refractivity (Wildman–Crippen MR) is 76.6 cm³/mol. The van der Waals surface area contributed by atoms with Gasteiger partial charge in [-0.25, -0.2) is 9.76 Å². The van der Waals surface area contributed by atoms with Gasteiger partial charge in [0.15, 0.2) is 0 Å². The van der Waals surface area contributed by atoms with Gasteiger partial charge in [0, 0.05) is 38.0 Å². The Labute approximate surface area is 119 Å². The number of rotatable bonds is 12. The van der Waals surface area contributed by atoms with Crippen LogP contribution in [0.25, 0.3) is 0 Å². The van der Waals surface area contributed by atoms with E-state index in [-0.39, 0.29) is 6.61 Å². The second-order valence-corrected chi connectivity index (χ2v) is 6.55. The van der Waals surface area contributed by atoms with Crippen molar-refractivity contribution in [3.63, 3.8) is 0 Å². The number of nitrogens with zero attached hydrogens (tertiary/aromatic N) is 1. The maximum absolute atomic E-state index is 12.7. The summed E-state index contributed by atoms with van der Waals surface area (Å²) in [6.07, 6.45) is 1.41. The van der Waals surface area contributed by atoms with Gasteiger partial charge in [0.05, 0.1) is 6.61 Å². The van der Waals surface area contributed by atoms with E-state index in [0.29, 0.717) is 44.4 Å². The number of nitrogens with one attached hydrogen (secondary N) is 1. The molecule has 0 spiro atoms. The van der Waals surface area contributed by atoms with Crippen LogP contribution < -0.4 is 5.09 Å². The van der Waals surface area contributed by atoms with Gasteiger partial charge in [0.2, 0.25) is 0 Å². The lowest BCUT2D eigenvalue weighted by Gasteiger charge is -2.30. The first-order valence-electron chi connectivity index (χ1n) is 6.12. The summed E-state index contributed by atoms with van der Waals surface area (Å²) in [7, 11) is -3.07. The van der Waals surface area contributed by atoms with Crippen molar-refractivity contribution in [2.24, 2.45) is 0 Å². The average Bonchev–Trinajstić information content (AvgIpc) is 2.35. The first-order valence-corrected chi connectivity index (χ1v) is 8.77. The van der Waals surface area contributed by atoms with Gasteiger partial charge in [-0.05, 0) is 19.8 Å². The fourth-order valence-electron chi connectivity index (χ4n) is 1.43. The first kappa shape index (κ1) is 18.7. The van der Waals surface area contributed by atoms with Crippen LogP contribution in [0.5, 0.6) is 0 Å². The number of halogens is 2. The summed E-state index contributed by atoms with van der Waals surface area (Å²) in [5.41, 5.74) is 0. The fraction of sp³-hybridized carbons (Fsp3) is 1.00. The summed E-state index contributed by atoms with van der Waals surface area (Å²) >= 11 is 11.4. The number of hydrogen-bond donors (Lipinski definition) is 2. The maximum Gasteiger partial charge on any atom is 0.343 e. The van der Waals surface area contributed by atoms with E-state index in [1.165, 1.54) is 0 Å². The molecule has 0 fully saturated rings. The van der Waals surface area contributed by atoms with Crippen LogP contribution in [0.2, 0.25) is 0 Å². The molecule has 1 atom stereocenters. The molecule has 0 aliphatic carbocycles. The largest absolute Gasteiger partial charge is 0.396 e. The minimum absolute atomic E-state index is 0.133. The summed E-state index contributed by atoms with van der Waals surface area (Å²) in [6, 6.07) is 0. The van der Waals surface area contributed by atoms with Crippen LogP contribution in [0.15, 0.2) is 0 Å². The molecule has 0 radical (unpaired) electrons. The smallest absolute Gasteiger partial charge is 0.343 e. The second-order valence-electron chi connectivity index (χ2n) is 3.61. The lowest BCUT2D eigenvalue weighted by molar-refractivity contribution is 0.264. The number of hydrogen-bond acceptors (Lipinski definition) is 3. The van der Waals surface area contributed by atoms with E-state index in [9.17, 15) is 4.57 Å². The summed E-state index contributed by atoms with van der Waals surface area (Å²) in [5.74, 6) is 0.735. The van der Waals surface area contributed by atoms with Gasteiger partial charge >= 0.3 is 7.67 Å². The molecule has 18 heavy (non-hydrogen) atoms. The standard InChI is InChI=1S/C10H23Cl2N2O3P/c1-2-17-18(16,13-7-3-4-10-15)14(8-5-11)9-6-12/h15H,2-10H2,1H3,(H,13,16). The molecule has 0 saturated carbocycles. The maximum atomic E-state index is 12.7. The lowest BCUT2D eigenvalue weighted by Crippen LogP contribution is -2.33. The molecule has 0 rings (SSSR count). The SMILES string of the molecule is CCOP(=O)(NCCCCO)N(CCCl)CCCl. The molecular weight excluding hydrogens is 298 g/mol. The van der Waals surface area contributed by atoms with Gasteiger partial charge in [-0.15, -0.1) is 23.2 Å². The Hall–Kier alpha value is 0.650. The highest BCUT2D eigenvalue weighted by Crippen LogP contribution is 2.46. The van der Waals surface area contributed by atoms with Gasteiger partial charge in [0.1, 0.15) is 0 Å². The molecule has 0 aromatic carbocycles. The third-order valence-electron chi connectivity index (χ3n) is 2.26. The molecule has 0 saturated heterocycles. The van der Waals surface area contributed by atoms with E-state index in [4.69, 9.17) is 32.8 Å². The Morgan fingerprint density at radius 1 is 1.28 bits per heavy atom. The monoisotopic (exact) mass is 320 g/mol. The highest BCUT2D eigenvalue weighted by Gasteiger charge is 2.30. The predicted octanol–water partition coefficient (Wildman–Crippen LogP) is 2.27. The molecule has 1 unspecified atom stereocenters. The Morgan fingerprint density at radius 3 is 2.33 bits per heavy atom. The van der Waals surface area contributed by atoms with Gasteiger partial charge in [-0.2, -0.15) is 0 Å². The van der Waals surface area contributed by atoms with Crippen LogP contribution in [0.1, 0.15) is 19.8 Å². The van der Waals surface area contributed by atoms with Crippen molar-refractivity contribution >= 4 is 30.9 Å². The van der Waals surface area contributed by atoms with Crippen molar-refractivity contribution in [2.45, 2.75) is 19.8 Å². The molecule has 2 N–H and O–H groups in total. The van der Waals surface area contributed by atoms with Crippen molar-refractivity contribution in [2.75, 3.05) is 44.6 Å². The zero-order chi connectivity index (χ0) is 13.9. The normalized spacial score (nSPS) is 14.9. The van der Waals surface area contributed by atoms with Gasteiger partial charge in [-0.1, -0.05) is 0 Å². The first-order chi connectivity index (χ1) is 8.64. The van der Waals surface area contributed by atoms with E-state index >= 15 is 0 Å². The third-order valence-corrected chi connectivity index (χ3v) is 4.97. The van der Waals surface area contributed by atoms with Crippen molar-refractivity contribution in [1.29, 1.82) is 0 Å². The van der Waals surface area contributed by atoms with E-state index < -0.39 is 7.67 Å². The van der Waals surface area contributed by atoms with E-state index in [1.807, 2.05) is 0 Å². The summed E-state index contributed by atoms with van der Waals surface area (Å²) < 4.78 is 19.7. The molecule has 0 heterocycles. The van der Waals surface area contributed by atoms with Crippen LogP contribution in [0, 0.1) is 0 Å². The van der Waals surface area contributed by atoms with Crippen LogP contribution in [0.3, 0.4) is 0 Å². The fourth-order valence-corrected chi connectivity index (χ4v) is 4.05. The zero-order valence-corrected chi connectivity index (χ0v) is 13.2. The molecule has 0 aromatic rings. The Bertz CT molecular complexity index is 241. The summed E-state index contributed by atoms with van der Waals surface area (Å²) in [6.45, 7) is 3.72. The molecule has 0 aromatic heterocycles. The van der Waals surface area contributed by atoms with Gasteiger partial charge in [-0.3, -0.25) is 4.57 Å². The average molecular weight is 321 g/mol. The zero-order valence-electron chi connectivity index (χ0n) is 10.8. The van der Waals surface area contributed by atoms with Crippen molar-refractivity contribution in [3.8, 4) is 0 Å². The molecule has 0 amide bonds. The molecular formula is C10H23Cl2N2O3P. The highest BCUT2D eigenvalue weighted by atomic mass is 35.5. The third kappa shape index (κ3) is 7.29. The van der Waals surface area contributed by atoms with Gasteiger partial charge in [0.25, 0.3) is 0 Å². The van der Waals surface area contributed by atoms with Crippen molar-refractivity contribution < 1.29 is 14.2 Å². The molecule has 8 heteroatoms. The van der Waals surface area contributed by atoms with E-state index in [0.717, 1.165) is 6.42 Å². The lowest BCUT2D eigenvalue weighted by atomic mass is 10.3. The highest BCUT2D eigenvalue weighted by molar-refractivity contribution is 7.54. The Morgan fingerprint density at radius 2 is 1.89 bits per heavy atom. The molecule has 5 nitrogen and oxygen atoms in total. The summed E-state index contributed by atoms with van der Waals surface area (Å²) in [4.78, 5) is 0. The number of alkyl halides is 2. The van der Waals surface area contributed by atoms with Gasteiger partial charge < -0.3 is 9.63 Å². The van der Waals surface area contributed by atoms with Crippen LogP contribution in [-0.2, 0) is 9.09 Å². The quantitative estimate of drug-likeness (QED) is 0.328. The number of aliphatic hydroxyl groups is 1. The van der Waals surface area contributed by atoms with Crippen LogP contribution in [-0.4, -0.2) is 54.4 Å². The minimum atomic E-state index is -3.07. The number of aliphatic hydroxyl groups excluding tert-OH is 1. The number of unbranched alkanes of at least 4 members (excludes halogenated alkanes) is 1. The van der Waals surface area contributed by atoms with E-state index in [2.05, 4.69) is 5.09 Å². The molecule has 0 aliphatic heterocycles. The Balaban J connectivity index is 4.47. The topological polar surface area (TPSA) is 61.8 Å². The minimum Gasteiger partial charge on any atom is -0.396 e. The Kier molecular flexibility index (Phi) is 11.9. The van der Waals surface area contributed by atoms with Crippen LogP contribution >= 0.6 is 30.9 Å². The molecule has 110 valence electrons. The van der Waals surface area contributed by atoms with Crippen LogP contribution in [0.4, 0.5) is 0 Å². The molecule has 0 aliphatic rings.